The first-order valence-electron chi connectivity index (χ1n) is 6.96. The van der Waals surface area contributed by atoms with Crippen LogP contribution in [0.3, 0.4) is 0 Å². The van der Waals surface area contributed by atoms with Crippen molar-refractivity contribution >= 4 is 12.2 Å². The van der Waals surface area contributed by atoms with E-state index in [0.29, 0.717) is 17.2 Å². The molecule has 3 rings (SSSR count). The van der Waals surface area contributed by atoms with E-state index in [2.05, 4.69) is 34.2 Å². The minimum absolute atomic E-state index is 0.447. The molecule has 1 aromatic carbocycles. The van der Waals surface area contributed by atoms with Gasteiger partial charge in [-0.15, -0.1) is 0 Å². The van der Waals surface area contributed by atoms with Gasteiger partial charge in [0.25, 0.3) is 0 Å². The van der Waals surface area contributed by atoms with Crippen molar-refractivity contribution in [3.63, 3.8) is 0 Å². The Balaban J connectivity index is 2.06. The van der Waals surface area contributed by atoms with Gasteiger partial charge in [-0.3, -0.25) is 0 Å². The lowest BCUT2D eigenvalue weighted by Crippen LogP contribution is -2.10. The topological polar surface area (TPSA) is 37.9 Å². The lowest BCUT2D eigenvalue weighted by Gasteiger charge is -2.28. The van der Waals surface area contributed by atoms with Crippen molar-refractivity contribution in [2.75, 3.05) is 7.11 Å². The Morgan fingerprint density at radius 1 is 1.35 bits per heavy atom. The van der Waals surface area contributed by atoms with Crippen LogP contribution in [0.4, 0.5) is 0 Å². The minimum atomic E-state index is 0.447. The Labute approximate surface area is 124 Å². The van der Waals surface area contributed by atoms with E-state index < -0.39 is 0 Å². The molecule has 1 aliphatic rings. The second-order valence-electron chi connectivity index (χ2n) is 5.23. The number of hydrogen-bond donors (Lipinski definition) is 1. The molecule has 0 saturated heterocycles. The Bertz CT molecular complexity index is 662. The van der Waals surface area contributed by atoms with Crippen LogP contribution in [0, 0.1) is 4.64 Å². The van der Waals surface area contributed by atoms with E-state index in [4.69, 9.17) is 17.0 Å². The quantitative estimate of drug-likeness (QED) is 0.855. The normalized spacial score (nSPS) is 15.1. The molecule has 104 valence electrons. The molecule has 0 unspecified atom stereocenters. The molecule has 20 heavy (non-hydrogen) atoms. The average molecular weight is 286 g/mol. The molecular formula is C16H18N2OS. The molecule has 1 fully saturated rings. The highest BCUT2D eigenvalue weighted by Crippen LogP contribution is 2.40. The SMILES string of the molecule is COCc1nc(=S)cc(-c2ccccc2C2CCC2)[nH]1. The van der Waals surface area contributed by atoms with Crippen LogP contribution in [0.15, 0.2) is 30.3 Å². The molecular weight excluding hydrogens is 268 g/mol. The van der Waals surface area contributed by atoms with E-state index in [1.807, 2.05) is 6.07 Å². The zero-order valence-corrected chi connectivity index (χ0v) is 12.4. The van der Waals surface area contributed by atoms with Crippen molar-refractivity contribution in [3.8, 4) is 11.3 Å². The van der Waals surface area contributed by atoms with E-state index in [0.717, 1.165) is 11.5 Å². The van der Waals surface area contributed by atoms with Gasteiger partial charge in [0.05, 0.1) is 5.69 Å². The summed E-state index contributed by atoms with van der Waals surface area (Å²) in [7, 11) is 1.66. The molecule has 4 heteroatoms. The lowest BCUT2D eigenvalue weighted by molar-refractivity contribution is 0.177. The second kappa shape index (κ2) is 5.85. The number of nitrogens with one attached hydrogen (secondary N) is 1. The van der Waals surface area contributed by atoms with E-state index >= 15 is 0 Å². The number of benzene rings is 1. The molecule has 0 atom stereocenters. The van der Waals surface area contributed by atoms with Crippen LogP contribution in [0.25, 0.3) is 11.3 Å². The number of aromatic nitrogens is 2. The van der Waals surface area contributed by atoms with Gasteiger partial charge in [-0.1, -0.05) is 42.9 Å². The standard InChI is InChI=1S/C16H18N2OS/c1-19-10-15-17-14(9-16(20)18-15)13-8-3-2-7-12(13)11-5-4-6-11/h2-3,7-9,11H,4-6,10H2,1H3,(H,17,18,20). The Morgan fingerprint density at radius 3 is 2.85 bits per heavy atom. The van der Waals surface area contributed by atoms with Crippen molar-refractivity contribution in [2.24, 2.45) is 0 Å². The van der Waals surface area contributed by atoms with Crippen molar-refractivity contribution in [1.82, 2.24) is 9.97 Å². The molecule has 0 spiro atoms. The molecule has 2 aromatic rings. The molecule has 1 heterocycles. The molecule has 1 N–H and O–H groups in total. The maximum atomic E-state index is 5.27. The molecule has 1 aliphatic carbocycles. The Kier molecular flexibility index (Phi) is 3.94. The van der Waals surface area contributed by atoms with Gasteiger partial charge in [0, 0.05) is 12.7 Å². The van der Waals surface area contributed by atoms with E-state index in [9.17, 15) is 0 Å². The summed E-state index contributed by atoms with van der Waals surface area (Å²) in [5, 5.41) is 0. The monoisotopic (exact) mass is 286 g/mol. The van der Waals surface area contributed by atoms with Crippen molar-refractivity contribution in [1.29, 1.82) is 0 Å². The summed E-state index contributed by atoms with van der Waals surface area (Å²) in [4.78, 5) is 7.64. The highest BCUT2D eigenvalue weighted by Gasteiger charge is 2.22. The fraction of sp³-hybridized carbons (Fsp3) is 0.375. The Morgan fingerprint density at radius 2 is 2.15 bits per heavy atom. The van der Waals surface area contributed by atoms with Crippen LogP contribution in [0.1, 0.15) is 36.6 Å². The molecule has 0 amide bonds. The number of hydrogen-bond acceptors (Lipinski definition) is 3. The van der Waals surface area contributed by atoms with Crippen LogP contribution < -0.4 is 0 Å². The lowest BCUT2D eigenvalue weighted by atomic mass is 9.78. The number of nitrogens with zero attached hydrogens (tertiary/aromatic N) is 1. The largest absolute Gasteiger partial charge is 0.377 e. The van der Waals surface area contributed by atoms with Crippen LogP contribution in [-0.4, -0.2) is 17.1 Å². The van der Waals surface area contributed by atoms with Crippen molar-refractivity contribution < 1.29 is 4.74 Å². The highest BCUT2D eigenvalue weighted by atomic mass is 32.1. The smallest absolute Gasteiger partial charge is 0.134 e. The van der Waals surface area contributed by atoms with Crippen LogP contribution in [0.5, 0.6) is 0 Å². The summed E-state index contributed by atoms with van der Waals surface area (Å²) in [6, 6.07) is 10.5. The third-order valence-electron chi connectivity index (χ3n) is 3.87. The summed E-state index contributed by atoms with van der Waals surface area (Å²) >= 11 is 5.27. The Hall–Kier alpha value is -1.52. The number of aromatic amines is 1. The van der Waals surface area contributed by atoms with Crippen LogP contribution in [-0.2, 0) is 11.3 Å². The molecule has 3 nitrogen and oxygen atoms in total. The molecule has 0 bridgehead atoms. The second-order valence-corrected chi connectivity index (χ2v) is 5.65. The van der Waals surface area contributed by atoms with Gasteiger partial charge in [0.1, 0.15) is 17.1 Å². The fourth-order valence-corrected chi connectivity index (χ4v) is 2.90. The molecule has 0 aliphatic heterocycles. The van der Waals surface area contributed by atoms with Gasteiger partial charge >= 0.3 is 0 Å². The maximum Gasteiger partial charge on any atom is 0.134 e. The summed E-state index contributed by atoms with van der Waals surface area (Å²) < 4.78 is 5.75. The van der Waals surface area contributed by atoms with Crippen molar-refractivity contribution in [3.05, 3.63) is 46.4 Å². The average Bonchev–Trinajstić information content (AvgIpc) is 2.37. The minimum Gasteiger partial charge on any atom is -0.377 e. The summed E-state index contributed by atoms with van der Waals surface area (Å²) in [5.74, 6) is 1.46. The molecule has 1 aromatic heterocycles. The maximum absolute atomic E-state index is 5.27. The van der Waals surface area contributed by atoms with Crippen LogP contribution in [0.2, 0.25) is 0 Å². The first-order chi connectivity index (χ1) is 9.78. The van der Waals surface area contributed by atoms with Gasteiger partial charge in [0.15, 0.2) is 0 Å². The van der Waals surface area contributed by atoms with Gasteiger partial charge in [0.2, 0.25) is 0 Å². The number of methoxy groups -OCH3 is 1. The summed E-state index contributed by atoms with van der Waals surface area (Å²) in [5.41, 5.74) is 3.70. The molecule has 1 saturated carbocycles. The number of ether oxygens (including phenoxy) is 1. The van der Waals surface area contributed by atoms with Gasteiger partial charge in [-0.2, -0.15) is 0 Å². The van der Waals surface area contributed by atoms with Gasteiger partial charge in [-0.25, -0.2) is 4.98 Å². The van der Waals surface area contributed by atoms with Gasteiger partial charge in [-0.05, 0) is 30.4 Å². The predicted octanol–water partition coefficient (Wildman–Crippen LogP) is 4.22. The third-order valence-corrected chi connectivity index (χ3v) is 4.08. The first kappa shape index (κ1) is 13.5. The number of H-pyrrole nitrogens is 1. The number of rotatable bonds is 4. The van der Waals surface area contributed by atoms with Crippen molar-refractivity contribution in [2.45, 2.75) is 31.8 Å². The van der Waals surface area contributed by atoms with E-state index in [1.165, 1.54) is 30.4 Å². The van der Waals surface area contributed by atoms with Crippen LogP contribution >= 0.6 is 12.2 Å². The summed E-state index contributed by atoms with van der Waals surface area (Å²) in [6.07, 6.45) is 3.90. The zero-order valence-electron chi connectivity index (χ0n) is 11.6. The zero-order chi connectivity index (χ0) is 13.9. The van der Waals surface area contributed by atoms with Gasteiger partial charge < -0.3 is 9.72 Å². The highest BCUT2D eigenvalue weighted by molar-refractivity contribution is 7.71. The molecule has 0 radical (unpaired) electrons. The fourth-order valence-electron chi connectivity index (χ4n) is 2.68. The summed E-state index contributed by atoms with van der Waals surface area (Å²) in [6.45, 7) is 0.447. The predicted molar refractivity (Wildman–Crippen MR) is 82.2 cm³/mol. The third kappa shape index (κ3) is 2.67. The van der Waals surface area contributed by atoms with E-state index in [1.54, 1.807) is 7.11 Å². The first-order valence-corrected chi connectivity index (χ1v) is 7.37. The van der Waals surface area contributed by atoms with E-state index in [-0.39, 0.29) is 0 Å².